The molecule has 1 aromatic carbocycles. The molecule has 1 aromatic rings. The lowest BCUT2D eigenvalue weighted by atomic mass is 9.96. The molecule has 1 fully saturated rings. The number of halogens is 1. The normalized spacial score (nSPS) is 20.5. The summed E-state index contributed by atoms with van der Waals surface area (Å²) >= 11 is 0. The quantitative estimate of drug-likeness (QED) is 0.909. The van der Waals surface area contributed by atoms with Crippen molar-refractivity contribution < 1.29 is 9.13 Å². The van der Waals surface area contributed by atoms with Gasteiger partial charge in [-0.1, -0.05) is 12.1 Å². The summed E-state index contributed by atoms with van der Waals surface area (Å²) in [5, 5.41) is 0. The first-order valence-corrected chi connectivity index (χ1v) is 6.90. The second-order valence-corrected chi connectivity index (χ2v) is 5.37. The molecular formula is C15H23FN2O. The van der Waals surface area contributed by atoms with Gasteiger partial charge in [0.2, 0.25) is 0 Å². The fourth-order valence-corrected chi connectivity index (χ4v) is 2.92. The van der Waals surface area contributed by atoms with Crippen molar-refractivity contribution in [3.63, 3.8) is 0 Å². The van der Waals surface area contributed by atoms with E-state index < -0.39 is 0 Å². The molecule has 1 aliphatic heterocycles. The van der Waals surface area contributed by atoms with Gasteiger partial charge in [0.25, 0.3) is 0 Å². The van der Waals surface area contributed by atoms with Crippen LogP contribution < -0.4 is 5.73 Å². The van der Waals surface area contributed by atoms with E-state index in [-0.39, 0.29) is 17.9 Å². The zero-order chi connectivity index (χ0) is 13.8. The third kappa shape index (κ3) is 3.53. The van der Waals surface area contributed by atoms with Gasteiger partial charge < -0.3 is 10.5 Å². The van der Waals surface area contributed by atoms with Crippen molar-refractivity contribution in [2.75, 3.05) is 20.3 Å². The summed E-state index contributed by atoms with van der Waals surface area (Å²) in [6.45, 7) is 3.57. The van der Waals surface area contributed by atoms with Crippen LogP contribution in [0.2, 0.25) is 0 Å². The lowest BCUT2D eigenvalue weighted by Crippen LogP contribution is -2.45. The third-order valence-corrected chi connectivity index (χ3v) is 3.89. The summed E-state index contributed by atoms with van der Waals surface area (Å²) in [5.74, 6) is -0.205. The van der Waals surface area contributed by atoms with Crippen molar-refractivity contribution >= 4 is 0 Å². The lowest BCUT2D eigenvalue weighted by Gasteiger charge is -2.39. The molecule has 2 unspecified atom stereocenters. The second-order valence-electron chi connectivity index (χ2n) is 5.37. The van der Waals surface area contributed by atoms with Crippen molar-refractivity contribution in [1.82, 2.24) is 4.90 Å². The maximum Gasteiger partial charge on any atom is 0.123 e. The Kier molecular flexibility index (Phi) is 4.91. The largest absolute Gasteiger partial charge is 0.381 e. The number of hydrogen-bond acceptors (Lipinski definition) is 3. The Morgan fingerprint density at radius 1 is 1.37 bits per heavy atom. The van der Waals surface area contributed by atoms with Gasteiger partial charge in [-0.15, -0.1) is 0 Å². The van der Waals surface area contributed by atoms with E-state index in [0.29, 0.717) is 6.04 Å². The SMILES string of the molecule is CC(N)C(c1cccc(F)c1)N(C)C1CCOCC1. The second kappa shape index (κ2) is 6.46. The highest BCUT2D eigenvalue weighted by Gasteiger charge is 2.28. The van der Waals surface area contributed by atoms with E-state index in [9.17, 15) is 4.39 Å². The van der Waals surface area contributed by atoms with Crippen LogP contribution >= 0.6 is 0 Å². The number of hydrogen-bond donors (Lipinski definition) is 1. The molecule has 0 amide bonds. The van der Waals surface area contributed by atoms with E-state index in [1.165, 1.54) is 6.07 Å². The van der Waals surface area contributed by atoms with E-state index in [1.54, 1.807) is 12.1 Å². The van der Waals surface area contributed by atoms with Crippen LogP contribution in [0.15, 0.2) is 24.3 Å². The molecule has 1 aliphatic rings. The smallest absolute Gasteiger partial charge is 0.123 e. The molecular weight excluding hydrogens is 243 g/mol. The highest BCUT2D eigenvalue weighted by atomic mass is 19.1. The van der Waals surface area contributed by atoms with Gasteiger partial charge in [-0.2, -0.15) is 0 Å². The summed E-state index contributed by atoms with van der Waals surface area (Å²) in [6, 6.07) is 7.20. The summed E-state index contributed by atoms with van der Waals surface area (Å²) < 4.78 is 18.8. The van der Waals surface area contributed by atoms with Crippen molar-refractivity contribution in [3.8, 4) is 0 Å². The average molecular weight is 266 g/mol. The molecule has 0 aromatic heterocycles. The minimum absolute atomic E-state index is 0.0406. The molecule has 1 heterocycles. The number of rotatable bonds is 4. The van der Waals surface area contributed by atoms with E-state index in [4.69, 9.17) is 10.5 Å². The fraction of sp³-hybridized carbons (Fsp3) is 0.600. The lowest BCUT2D eigenvalue weighted by molar-refractivity contribution is 0.0245. The zero-order valence-electron chi connectivity index (χ0n) is 11.7. The van der Waals surface area contributed by atoms with Crippen LogP contribution in [0.25, 0.3) is 0 Å². The van der Waals surface area contributed by atoms with Crippen molar-refractivity contribution in [1.29, 1.82) is 0 Å². The minimum Gasteiger partial charge on any atom is -0.381 e. The van der Waals surface area contributed by atoms with Crippen LogP contribution in [0.1, 0.15) is 31.4 Å². The van der Waals surface area contributed by atoms with Crippen molar-refractivity contribution in [3.05, 3.63) is 35.6 Å². The molecule has 3 nitrogen and oxygen atoms in total. The van der Waals surface area contributed by atoms with Crippen LogP contribution in [-0.2, 0) is 4.74 Å². The molecule has 2 N–H and O–H groups in total. The van der Waals surface area contributed by atoms with Crippen LogP contribution in [0.3, 0.4) is 0 Å². The van der Waals surface area contributed by atoms with E-state index >= 15 is 0 Å². The Morgan fingerprint density at radius 3 is 2.63 bits per heavy atom. The van der Waals surface area contributed by atoms with Gasteiger partial charge in [0.15, 0.2) is 0 Å². The van der Waals surface area contributed by atoms with Crippen LogP contribution in [0.5, 0.6) is 0 Å². The Morgan fingerprint density at radius 2 is 2.05 bits per heavy atom. The Hall–Kier alpha value is -0.970. The minimum atomic E-state index is -0.205. The maximum atomic E-state index is 13.4. The Labute approximate surface area is 114 Å². The first-order chi connectivity index (χ1) is 9.09. The number of benzene rings is 1. The van der Waals surface area contributed by atoms with Gasteiger partial charge in [-0.05, 0) is 44.5 Å². The number of likely N-dealkylation sites (N-methyl/N-ethyl adjacent to an activating group) is 1. The summed E-state index contributed by atoms with van der Waals surface area (Å²) in [4.78, 5) is 2.28. The Balaban J connectivity index is 2.19. The number of ether oxygens (including phenoxy) is 1. The molecule has 4 heteroatoms. The van der Waals surface area contributed by atoms with Gasteiger partial charge in [-0.3, -0.25) is 4.90 Å². The predicted octanol–water partition coefficient (Wildman–Crippen LogP) is 2.32. The van der Waals surface area contributed by atoms with Crippen LogP contribution in [0.4, 0.5) is 4.39 Å². The first-order valence-electron chi connectivity index (χ1n) is 6.90. The third-order valence-electron chi connectivity index (χ3n) is 3.89. The van der Waals surface area contributed by atoms with E-state index in [0.717, 1.165) is 31.6 Å². The van der Waals surface area contributed by atoms with E-state index in [2.05, 4.69) is 11.9 Å². The standard InChI is InChI=1S/C15H23FN2O/c1-11(17)15(12-4-3-5-13(16)10-12)18(2)14-6-8-19-9-7-14/h3-5,10-11,14-15H,6-9,17H2,1-2H3. The van der Waals surface area contributed by atoms with Gasteiger partial charge in [-0.25, -0.2) is 4.39 Å². The first kappa shape index (κ1) is 14.4. The summed E-state index contributed by atoms with van der Waals surface area (Å²) in [7, 11) is 2.08. The Bertz CT molecular complexity index is 405. The fourth-order valence-electron chi connectivity index (χ4n) is 2.92. The molecule has 1 saturated heterocycles. The van der Waals surface area contributed by atoms with Gasteiger partial charge in [0.1, 0.15) is 5.82 Å². The molecule has 19 heavy (non-hydrogen) atoms. The molecule has 0 saturated carbocycles. The monoisotopic (exact) mass is 266 g/mol. The topological polar surface area (TPSA) is 38.5 Å². The van der Waals surface area contributed by atoms with E-state index in [1.807, 2.05) is 13.0 Å². The van der Waals surface area contributed by atoms with Gasteiger partial charge >= 0.3 is 0 Å². The van der Waals surface area contributed by atoms with Gasteiger partial charge in [0, 0.05) is 31.3 Å². The van der Waals surface area contributed by atoms with Crippen LogP contribution in [-0.4, -0.2) is 37.2 Å². The van der Waals surface area contributed by atoms with Crippen LogP contribution in [0, 0.1) is 5.82 Å². The van der Waals surface area contributed by atoms with Crippen molar-refractivity contribution in [2.45, 2.75) is 37.9 Å². The molecule has 0 aliphatic carbocycles. The highest BCUT2D eigenvalue weighted by molar-refractivity contribution is 5.22. The summed E-state index contributed by atoms with van der Waals surface area (Å²) in [5.41, 5.74) is 7.08. The van der Waals surface area contributed by atoms with Gasteiger partial charge in [0.05, 0.1) is 0 Å². The maximum absolute atomic E-state index is 13.4. The number of nitrogens with two attached hydrogens (primary N) is 1. The molecule has 0 bridgehead atoms. The molecule has 106 valence electrons. The molecule has 2 rings (SSSR count). The number of nitrogens with zero attached hydrogens (tertiary/aromatic N) is 1. The highest BCUT2D eigenvalue weighted by Crippen LogP contribution is 2.27. The average Bonchev–Trinajstić information content (AvgIpc) is 2.39. The molecule has 2 atom stereocenters. The molecule has 0 spiro atoms. The summed E-state index contributed by atoms with van der Waals surface area (Å²) in [6.07, 6.45) is 2.02. The van der Waals surface area contributed by atoms with Crippen molar-refractivity contribution in [2.24, 2.45) is 5.73 Å². The zero-order valence-corrected chi connectivity index (χ0v) is 11.7. The predicted molar refractivity (Wildman–Crippen MR) is 74.4 cm³/mol. The molecule has 0 radical (unpaired) electrons.